The molecule has 2 rings (SSSR count). The number of aryl methyl sites for hydroxylation is 1. The van der Waals surface area contributed by atoms with Crippen molar-refractivity contribution in [3.8, 4) is 0 Å². The van der Waals surface area contributed by atoms with Crippen molar-refractivity contribution >= 4 is 23.1 Å². The molecule has 17 heavy (non-hydrogen) atoms. The molecule has 1 aromatic heterocycles. The summed E-state index contributed by atoms with van der Waals surface area (Å²) in [5.41, 5.74) is 1.24. The van der Waals surface area contributed by atoms with E-state index in [-0.39, 0.29) is 5.54 Å². The minimum absolute atomic E-state index is 0.0999. The fraction of sp³-hybridized carbons (Fsp3) is 0.750. The van der Waals surface area contributed by atoms with Gasteiger partial charge in [-0.1, -0.05) is 0 Å². The number of methoxy groups -OCH3 is 1. The standard InChI is InChI=1S/C12H20N2OS2/c1-10-9-17-11(14-10)12(13-5-6-15-2)3-7-16-8-4-12/h9,13H,3-8H2,1-2H3. The van der Waals surface area contributed by atoms with Crippen molar-refractivity contribution in [2.45, 2.75) is 25.3 Å². The smallest absolute Gasteiger partial charge is 0.113 e. The van der Waals surface area contributed by atoms with Crippen LogP contribution in [0.3, 0.4) is 0 Å². The highest BCUT2D eigenvalue weighted by atomic mass is 32.2. The van der Waals surface area contributed by atoms with E-state index >= 15 is 0 Å². The van der Waals surface area contributed by atoms with Gasteiger partial charge in [0.1, 0.15) is 5.01 Å². The molecule has 1 aliphatic heterocycles. The normalized spacial score (nSPS) is 19.4. The Morgan fingerprint density at radius 2 is 2.24 bits per heavy atom. The zero-order valence-electron chi connectivity index (χ0n) is 10.5. The van der Waals surface area contributed by atoms with E-state index in [0.29, 0.717) is 0 Å². The van der Waals surface area contributed by atoms with Gasteiger partial charge >= 0.3 is 0 Å². The number of hydrogen-bond donors (Lipinski definition) is 1. The molecular formula is C12H20N2OS2. The molecule has 0 spiro atoms. The Kier molecular flexibility index (Phi) is 4.85. The first-order valence-electron chi connectivity index (χ1n) is 6.01. The van der Waals surface area contributed by atoms with E-state index in [2.05, 4.69) is 17.6 Å². The third-order valence-electron chi connectivity index (χ3n) is 3.14. The van der Waals surface area contributed by atoms with Crippen molar-refractivity contribution in [1.29, 1.82) is 0 Å². The Balaban J connectivity index is 2.11. The second-order valence-corrected chi connectivity index (χ2v) is 6.49. The van der Waals surface area contributed by atoms with E-state index in [0.717, 1.165) is 18.8 Å². The van der Waals surface area contributed by atoms with Gasteiger partial charge in [-0.05, 0) is 31.3 Å². The summed E-state index contributed by atoms with van der Waals surface area (Å²) in [7, 11) is 1.75. The maximum atomic E-state index is 5.13. The summed E-state index contributed by atoms with van der Waals surface area (Å²) in [5.74, 6) is 2.44. The predicted octanol–water partition coefficient (Wildman–Crippen LogP) is 2.41. The summed E-state index contributed by atoms with van der Waals surface area (Å²) in [5, 5.41) is 7.08. The molecule has 1 aliphatic rings. The Morgan fingerprint density at radius 1 is 1.47 bits per heavy atom. The monoisotopic (exact) mass is 272 g/mol. The first-order chi connectivity index (χ1) is 8.27. The molecule has 0 radical (unpaired) electrons. The van der Waals surface area contributed by atoms with Gasteiger partial charge in [0, 0.05) is 24.7 Å². The van der Waals surface area contributed by atoms with Crippen LogP contribution in [0.5, 0.6) is 0 Å². The van der Waals surface area contributed by atoms with Crippen LogP contribution in [0.25, 0.3) is 0 Å². The van der Waals surface area contributed by atoms with Crippen molar-refractivity contribution < 1.29 is 4.74 Å². The number of nitrogens with one attached hydrogen (secondary N) is 1. The number of ether oxygens (including phenoxy) is 1. The molecule has 0 bridgehead atoms. The van der Waals surface area contributed by atoms with Gasteiger partial charge in [-0.3, -0.25) is 0 Å². The first-order valence-corrected chi connectivity index (χ1v) is 8.05. The topological polar surface area (TPSA) is 34.1 Å². The molecule has 5 heteroatoms. The summed E-state index contributed by atoms with van der Waals surface area (Å²) in [6.07, 6.45) is 2.35. The van der Waals surface area contributed by atoms with Crippen LogP contribution in [0.2, 0.25) is 0 Å². The highest BCUT2D eigenvalue weighted by Crippen LogP contribution is 2.37. The van der Waals surface area contributed by atoms with Crippen LogP contribution in [-0.4, -0.2) is 36.8 Å². The Hall–Kier alpha value is -0.100. The molecule has 1 N–H and O–H groups in total. The Bertz CT molecular complexity index is 348. The summed E-state index contributed by atoms with van der Waals surface area (Å²) in [4.78, 5) is 4.69. The molecule has 3 nitrogen and oxygen atoms in total. The zero-order chi connectivity index (χ0) is 12.1. The molecule has 96 valence electrons. The van der Waals surface area contributed by atoms with Crippen LogP contribution in [0.4, 0.5) is 0 Å². The van der Waals surface area contributed by atoms with E-state index in [1.54, 1.807) is 18.4 Å². The lowest BCUT2D eigenvalue weighted by molar-refractivity contribution is 0.179. The SMILES string of the molecule is COCCNC1(c2nc(C)cs2)CCSCC1. The fourth-order valence-electron chi connectivity index (χ4n) is 2.15. The number of thioether (sulfide) groups is 1. The van der Waals surface area contributed by atoms with Gasteiger partial charge in [-0.2, -0.15) is 11.8 Å². The number of aromatic nitrogens is 1. The van der Waals surface area contributed by atoms with Gasteiger partial charge in [-0.25, -0.2) is 4.98 Å². The van der Waals surface area contributed by atoms with Gasteiger partial charge < -0.3 is 10.1 Å². The Labute approximate surface area is 111 Å². The van der Waals surface area contributed by atoms with Crippen molar-refractivity contribution in [1.82, 2.24) is 10.3 Å². The first kappa shape index (κ1) is 13.3. The highest BCUT2D eigenvalue weighted by molar-refractivity contribution is 7.99. The van der Waals surface area contributed by atoms with Gasteiger partial charge in [0.2, 0.25) is 0 Å². The maximum Gasteiger partial charge on any atom is 0.113 e. The molecule has 0 saturated carbocycles. The van der Waals surface area contributed by atoms with Gasteiger partial charge in [0.25, 0.3) is 0 Å². The molecule has 0 aromatic carbocycles. The predicted molar refractivity (Wildman–Crippen MR) is 75.0 cm³/mol. The third kappa shape index (κ3) is 3.22. The van der Waals surface area contributed by atoms with Crippen molar-refractivity contribution in [2.75, 3.05) is 31.8 Å². The van der Waals surface area contributed by atoms with E-state index in [1.807, 2.05) is 11.8 Å². The van der Waals surface area contributed by atoms with Crippen LogP contribution < -0.4 is 5.32 Å². The lowest BCUT2D eigenvalue weighted by Crippen LogP contribution is -2.46. The minimum Gasteiger partial charge on any atom is -0.383 e. The summed E-state index contributed by atoms with van der Waals surface area (Å²) in [6.45, 7) is 3.74. The lowest BCUT2D eigenvalue weighted by atomic mass is 9.93. The minimum atomic E-state index is 0.0999. The summed E-state index contributed by atoms with van der Waals surface area (Å²) >= 11 is 3.83. The molecule has 1 fully saturated rings. The van der Waals surface area contributed by atoms with Crippen molar-refractivity contribution in [3.63, 3.8) is 0 Å². The molecule has 0 amide bonds. The Morgan fingerprint density at radius 3 is 2.82 bits per heavy atom. The second-order valence-electron chi connectivity index (χ2n) is 4.41. The van der Waals surface area contributed by atoms with Crippen LogP contribution >= 0.6 is 23.1 Å². The van der Waals surface area contributed by atoms with E-state index in [4.69, 9.17) is 9.72 Å². The summed E-state index contributed by atoms with van der Waals surface area (Å²) < 4.78 is 5.13. The average molecular weight is 272 g/mol. The van der Waals surface area contributed by atoms with Gasteiger partial charge in [-0.15, -0.1) is 11.3 Å². The van der Waals surface area contributed by atoms with Crippen LogP contribution in [0.15, 0.2) is 5.38 Å². The molecule has 0 aliphatic carbocycles. The van der Waals surface area contributed by atoms with Crippen LogP contribution in [0, 0.1) is 6.92 Å². The highest BCUT2D eigenvalue weighted by Gasteiger charge is 2.36. The number of rotatable bonds is 5. The largest absolute Gasteiger partial charge is 0.383 e. The fourth-order valence-corrected chi connectivity index (χ4v) is 4.38. The van der Waals surface area contributed by atoms with Crippen molar-refractivity contribution in [3.05, 3.63) is 16.1 Å². The zero-order valence-corrected chi connectivity index (χ0v) is 12.1. The maximum absolute atomic E-state index is 5.13. The van der Waals surface area contributed by atoms with Crippen LogP contribution in [-0.2, 0) is 10.3 Å². The molecule has 2 heterocycles. The van der Waals surface area contributed by atoms with E-state index in [9.17, 15) is 0 Å². The molecular weight excluding hydrogens is 252 g/mol. The van der Waals surface area contributed by atoms with Crippen LogP contribution in [0.1, 0.15) is 23.5 Å². The third-order valence-corrected chi connectivity index (χ3v) is 5.29. The number of hydrogen-bond acceptors (Lipinski definition) is 5. The number of nitrogens with zero attached hydrogens (tertiary/aromatic N) is 1. The van der Waals surface area contributed by atoms with E-state index in [1.165, 1.54) is 29.4 Å². The average Bonchev–Trinajstić information content (AvgIpc) is 2.78. The number of thiazole rings is 1. The second kappa shape index (κ2) is 6.18. The molecule has 1 aromatic rings. The van der Waals surface area contributed by atoms with Gasteiger partial charge in [0.15, 0.2) is 0 Å². The van der Waals surface area contributed by atoms with E-state index < -0.39 is 0 Å². The molecule has 1 saturated heterocycles. The summed E-state index contributed by atoms with van der Waals surface area (Å²) in [6, 6.07) is 0. The molecule has 0 unspecified atom stereocenters. The van der Waals surface area contributed by atoms with Crippen molar-refractivity contribution in [2.24, 2.45) is 0 Å². The lowest BCUT2D eigenvalue weighted by Gasteiger charge is -2.36. The molecule has 0 atom stereocenters. The van der Waals surface area contributed by atoms with Gasteiger partial charge in [0.05, 0.1) is 12.1 Å². The quantitative estimate of drug-likeness (QED) is 0.835.